The summed E-state index contributed by atoms with van der Waals surface area (Å²) >= 11 is 12.2. The monoisotopic (exact) mass is 502 g/mol. The van der Waals surface area contributed by atoms with E-state index in [2.05, 4.69) is 53.1 Å². The summed E-state index contributed by atoms with van der Waals surface area (Å²) in [7, 11) is 0. The molecule has 176 valence electrons. The van der Waals surface area contributed by atoms with Crippen LogP contribution in [0.3, 0.4) is 0 Å². The Kier molecular flexibility index (Phi) is 6.37. The lowest BCUT2D eigenvalue weighted by molar-refractivity contribution is 0.102. The van der Waals surface area contributed by atoms with Gasteiger partial charge in [0.05, 0.1) is 6.54 Å². The summed E-state index contributed by atoms with van der Waals surface area (Å²) in [6.07, 6.45) is 1.81. The summed E-state index contributed by atoms with van der Waals surface area (Å²) in [6, 6.07) is 23.4. The van der Waals surface area contributed by atoms with E-state index in [0.29, 0.717) is 28.0 Å². The van der Waals surface area contributed by atoms with Crippen molar-refractivity contribution >= 4 is 45.8 Å². The van der Waals surface area contributed by atoms with Gasteiger partial charge >= 0.3 is 0 Å². The number of nitrogens with one attached hydrogen (secondary N) is 1. The Balaban J connectivity index is 1.34. The molecule has 0 atom stereocenters. The average Bonchev–Trinajstić information content (AvgIpc) is 3.39. The van der Waals surface area contributed by atoms with Crippen LogP contribution in [0.5, 0.6) is 0 Å². The number of carbonyl (C=O) groups excluding carboxylic acids is 1. The van der Waals surface area contributed by atoms with Crippen LogP contribution < -0.4 is 5.32 Å². The molecule has 1 amide bonds. The standard InChI is InChI=1S/C28H24Cl2N4O/c1-18-19(2)34(16-20-6-4-3-5-7-20)26-11-9-21(14-24(18)26)28(35)31-27-12-13-33(32-27)17-22-8-10-23(29)15-25(22)30/h3-15H,16-17H2,1-2H3,(H,31,32,35). The largest absolute Gasteiger partial charge is 0.340 e. The molecule has 0 spiro atoms. The van der Waals surface area contributed by atoms with Crippen molar-refractivity contribution in [1.29, 1.82) is 0 Å². The fourth-order valence-corrected chi connectivity index (χ4v) is 4.76. The number of hydrogen-bond acceptors (Lipinski definition) is 2. The van der Waals surface area contributed by atoms with Crippen molar-refractivity contribution < 1.29 is 4.79 Å². The highest BCUT2D eigenvalue weighted by Gasteiger charge is 2.15. The summed E-state index contributed by atoms with van der Waals surface area (Å²) in [5.74, 6) is 0.282. The lowest BCUT2D eigenvalue weighted by Gasteiger charge is -2.09. The molecule has 0 saturated carbocycles. The average molecular weight is 503 g/mol. The fraction of sp³-hybridized carbons (Fsp3) is 0.143. The Morgan fingerprint density at radius 3 is 2.51 bits per heavy atom. The highest BCUT2D eigenvalue weighted by molar-refractivity contribution is 6.35. The molecule has 2 aromatic heterocycles. The van der Waals surface area contributed by atoms with E-state index in [1.165, 1.54) is 16.8 Å². The van der Waals surface area contributed by atoms with E-state index in [1.54, 1.807) is 29.1 Å². The van der Waals surface area contributed by atoms with Crippen molar-refractivity contribution in [3.63, 3.8) is 0 Å². The van der Waals surface area contributed by atoms with Crippen molar-refractivity contribution in [2.75, 3.05) is 5.32 Å². The molecule has 7 heteroatoms. The van der Waals surface area contributed by atoms with Gasteiger partial charge in [-0.3, -0.25) is 9.48 Å². The maximum Gasteiger partial charge on any atom is 0.256 e. The summed E-state index contributed by atoms with van der Waals surface area (Å²) in [6.45, 7) is 5.49. The van der Waals surface area contributed by atoms with Gasteiger partial charge in [0, 0.05) is 51.0 Å². The van der Waals surface area contributed by atoms with Crippen LogP contribution in [0, 0.1) is 13.8 Å². The first-order valence-electron chi connectivity index (χ1n) is 11.3. The highest BCUT2D eigenvalue weighted by atomic mass is 35.5. The topological polar surface area (TPSA) is 51.9 Å². The van der Waals surface area contributed by atoms with Crippen LogP contribution in [0.1, 0.15) is 32.7 Å². The molecule has 2 heterocycles. The van der Waals surface area contributed by atoms with E-state index in [-0.39, 0.29) is 5.91 Å². The number of aryl methyl sites for hydroxylation is 1. The van der Waals surface area contributed by atoms with Crippen LogP contribution in [-0.4, -0.2) is 20.3 Å². The molecule has 5 aromatic rings. The summed E-state index contributed by atoms with van der Waals surface area (Å²) < 4.78 is 4.02. The quantitative estimate of drug-likeness (QED) is 0.269. The number of halogens is 2. The van der Waals surface area contributed by atoms with Crippen LogP contribution in [0.15, 0.2) is 79.0 Å². The molecule has 3 aromatic carbocycles. The zero-order valence-corrected chi connectivity index (χ0v) is 20.9. The van der Waals surface area contributed by atoms with Crippen molar-refractivity contribution in [3.8, 4) is 0 Å². The van der Waals surface area contributed by atoms with Crippen molar-refractivity contribution in [2.24, 2.45) is 0 Å². The molecule has 0 aliphatic heterocycles. The van der Waals surface area contributed by atoms with E-state index in [9.17, 15) is 4.79 Å². The van der Waals surface area contributed by atoms with Gasteiger partial charge in [0.2, 0.25) is 0 Å². The molecular formula is C28H24Cl2N4O. The molecule has 0 bridgehead atoms. The normalized spacial score (nSPS) is 11.2. The lowest BCUT2D eigenvalue weighted by atomic mass is 10.1. The number of fused-ring (bicyclic) bond motifs is 1. The lowest BCUT2D eigenvalue weighted by Crippen LogP contribution is -2.13. The molecule has 0 unspecified atom stereocenters. The van der Waals surface area contributed by atoms with Gasteiger partial charge in [-0.1, -0.05) is 59.6 Å². The maximum absolute atomic E-state index is 13.0. The first-order valence-corrected chi connectivity index (χ1v) is 12.1. The Hall–Kier alpha value is -3.54. The summed E-state index contributed by atoms with van der Waals surface area (Å²) in [4.78, 5) is 13.0. The first kappa shape index (κ1) is 23.2. The number of aromatic nitrogens is 3. The SMILES string of the molecule is Cc1c(C)n(Cc2ccccc2)c2ccc(C(=O)Nc3ccn(Cc4ccc(Cl)cc4Cl)n3)cc12. The van der Waals surface area contributed by atoms with Gasteiger partial charge < -0.3 is 9.88 Å². The minimum Gasteiger partial charge on any atom is -0.340 e. The van der Waals surface area contributed by atoms with Crippen LogP contribution in [-0.2, 0) is 13.1 Å². The Labute approximate surface area is 213 Å². The van der Waals surface area contributed by atoms with Crippen molar-refractivity contribution in [2.45, 2.75) is 26.9 Å². The first-order chi connectivity index (χ1) is 16.9. The number of benzene rings is 3. The van der Waals surface area contributed by atoms with E-state index in [4.69, 9.17) is 23.2 Å². The number of carbonyl (C=O) groups is 1. The molecule has 0 aliphatic rings. The molecule has 0 radical (unpaired) electrons. The third kappa shape index (κ3) is 4.83. The van der Waals surface area contributed by atoms with Gasteiger partial charge in [-0.15, -0.1) is 0 Å². The fourth-order valence-electron chi connectivity index (χ4n) is 4.29. The van der Waals surface area contributed by atoms with Crippen LogP contribution in [0.25, 0.3) is 10.9 Å². The van der Waals surface area contributed by atoms with E-state index in [1.807, 2.05) is 30.3 Å². The number of nitrogens with zero attached hydrogens (tertiary/aromatic N) is 3. The van der Waals surface area contributed by atoms with Gasteiger partial charge in [-0.2, -0.15) is 5.10 Å². The van der Waals surface area contributed by atoms with Crippen LogP contribution in [0.2, 0.25) is 10.0 Å². The van der Waals surface area contributed by atoms with Gasteiger partial charge in [-0.25, -0.2) is 0 Å². The molecule has 0 aliphatic carbocycles. The predicted molar refractivity (Wildman–Crippen MR) is 143 cm³/mol. The second-order valence-electron chi connectivity index (χ2n) is 8.60. The highest BCUT2D eigenvalue weighted by Crippen LogP contribution is 2.28. The minimum atomic E-state index is -0.200. The van der Waals surface area contributed by atoms with Gasteiger partial charge in [0.25, 0.3) is 5.91 Å². The third-order valence-electron chi connectivity index (χ3n) is 6.31. The second-order valence-corrected chi connectivity index (χ2v) is 9.45. The Morgan fingerprint density at radius 1 is 0.943 bits per heavy atom. The van der Waals surface area contributed by atoms with E-state index in [0.717, 1.165) is 23.0 Å². The smallest absolute Gasteiger partial charge is 0.256 e. The Morgan fingerprint density at radius 2 is 1.74 bits per heavy atom. The molecule has 35 heavy (non-hydrogen) atoms. The molecule has 5 rings (SSSR count). The molecule has 0 saturated heterocycles. The van der Waals surface area contributed by atoms with Gasteiger partial charge in [-0.05, 0) is 60.9 Å². The number of hydrogen-bond donors (Lipinski definition) is 1. The van der Waals surface area contributed by atoms with Crippen LogP contribution in [0.4, 0.5) is 5.82 Å². The van der Waals surface area contributed by atoms with Gasteiger partial charge in [0.15, 0.2) is 5.82 Å². The van der Waals surface area contributed by atoms with Crippen molar-refractivity contribution in [1.82, 2.24) is 14.3 Å². The molecule has 0 fully saturated rings. The molecular weight excluding hydrogens is 479 g/mol. The zero-order valence-electron chi connectivity index (χ0n) is 19.4. The zero-order chi connectivity index (χ0) is 24.5. The second kappa shape index (κ2) is 9.61. The predicted octanol–water partition coefficient (Wildman–Crippen LogP) is 7.11. The van der Waals surface area contributed by atoms with Crippen molar-refractivity contribution in [3.05, 3.63) is 117 Å². The molecule has 5 nitrogen and oxygen atoms in total. The van der Waals surface area contributed by atoms with E-state index >= 15 is 0 Å². The minimum absolute atomic E-state index is 0.200. The van der Waals surface area contributed by atoms with Gasteiger partial charge in [0.1, 0.15) is 0 Å². The summed E-state index contributed by atoms with van der Waals surface area (Å²) in [5, 5.41) is 9.62. The number of anilines is 1. The third-order valence-corrected chi connectivity index (χ3v) is 6.90. The molecule has 1 N–H and O–H groups in total. The number of amides is 1. The van der Waals surface area contributed by atoms with Crippen LogP contribution >= 0.6 is 23.2 Å². The summed E-state index contributed by atoms with van der Waals surface area (Å²) in [5.41, 5.74) is 6.21. The number of rotatable bonds is 6. The van der Waals surface area contributed by atoms with E-state index < -0.39 is 0 Å². The maximum atomic E-state index is 13.0. The Bertz CT molecular complexity index is 1540.